The van der Waals surface area contributed by atoms with Crippen molar-refractivity contribution in [3.63, 3.8) is 0 Å². The van der Waals surface area contributed by atoms with Crippen molar-refractivity contribution in [3.8, 4) is 0 Å². The summed E-state index contributed by atoms with van der Waals surface area (Å²) in [6.07, 6.45) is 6.50. The predicted octanol–water partition coefficient (Wildman–Crippen LogP) is 2.15. The molecular formula is C13H13N3O2S. The number of carbonyl (C=O) groups is 1. The Kier molecular flexibility index (Phi) is 3.02. The van der Waals surface area contributed by atoms with Crippen LogP contribution in [0.5, 0.6) is 0 Å². The van der Waals surface area contributed by atoms with E-state index in [-0.39, 0.29) is 5.56 Å². The van der Waals surface area contributed by atoms with Gasteiger partial charge in [-0.25, -0.2) is 9.78 Å². The van der Waals surface area contributed by atoms with Crippen molar-refractivity contribution in [1.82, 2.24) is 14.8 Å². The quantitative estimate of drug-likeness (QED) is 0.929. The van der Waals surface area contributed by atoms with E-state index in [9.17, 15) is 9.90 Å². The Labute approximate surface area is 114 Å². The molecule has 0 amide bonds. The summed E-state index contributed by atoms with van der Waals surface area (Å²) in [4.78, 5) is 16.8. The van der Waals surface area contributed by atoms with Crippen LogP contribution in [0.2, 0.25) is 0 Å². The fourth-order valence-corrected chi connectivity index (χ4v) is 3.19. The molecule has 0 aromatic carbocycles. The molecular weight excluding hydrogens is 262 g/mol. The third-order valence-corrected chi connectivity index (χ3v) is 4.09. The van der Waals surface area contributed by atoms with E-state index >= 15 is 0 Å². The Bertz CT molecular complexity index is 651. The third-order valence-electron chi connectivity index (χ3n) is 3.14. The minimum absolute atomic E-state index is 0.287. The fraction of sp³-hybridized carbons (Fsp3) is 0.308. The van der Waals surface area contributed by atoms with Crippen LogP contribution in [0.4, 0.5) is 0 Å². The largest absolute Gasteiger partial charge is 0.478 e. The molecule has 1 aliphatic carbocycles. The predicted molar refractivity (Wildman–Crippen MR) is 70.6 cm³/mol. The molecule has 3 rings (SSSR count). The van der Waals surface area contributed by atoms with Crippen molar-refractivity contribution in [2.24, 2.45) is 7.05 Å². The van der Waals surface area contributed by atoms with Crippen LogP contribution in [0.15, 0.2) is 28.4 Å². The highest BCUT2D eigenvalue weighted by molar-refractivity contribution is 7.99. The second-order valence-electron chi connectivity index (χ2n) is 4.56. The standard InChI is InChI=1S/C13H13N3O2S/c1-16-7-9(6-14-16)19-12-10(13(17)18)5-8-3-2-4-11(8)15-12/h5-7H,2-4H2,1H3,(H,17,18). The van der Waals surface area contributed by atoms with Crippen molar-refractivity contribution >= 4 is 17.7 Å². The van der Waals surface area contributed by atoms with Gasteiger partial charge >= 0.3 is 5.97 Å². The number of carboxylic acids is 1. The first-order valence-electron chi connectivity index (χ1n) is 6.06. The van der Waals surface area contributed by atoms with Crippen molar-refractivity contribution in [2.45, 2.75) is 29.2 Å². The number of fused-ring (bicyclic) bond motifs is 1. The number of nitrogens with zero attached hydrogens (tertiary/aromatic N) is 3. The zero-order chi connectivity index (χ0) is 13.4. The number of aromatic nitrogens is 3. The van der Waals surface area contributed by atoms with Crippen LogP contribution in [0, 0.1) is 0 Å². The summed E-state index contributed by atoms with van der Waals surface area (Å²) in [6, 6.07) is 1.77. The maximum absolute atomic E-state index is 11.3. The molecule has 19 heavy (non-hydrogen) atoms. The van der Waals surface area contributed by atoms with Gasteiger partial charge in [0.15, 0.2) is 0 Å². The van der Waals surface area contributed by atoms with Crippen molar-refractivity contribution in [2.75, 3.05) is 0 Å². The van der Waals surface area contributed by atoms with E-state index in [0.29, 0.717) is 5.03 Å². The fourth-order valence-electron chi connectivity index (χ4n) is 2.25. The number of carboxylic acid groups (broad SMARTS) is 1. The van der Waals surface area contributed by atoms with E-state index in [0.717, 1.165) is 35.4 Å². The first-order chi connectivity index (χ1) is 9.13. The average Bonchev–Trinajstić information content (AvgIpc) is 2.96. The molecule has 98 valence electrons. The molecule has 0 atom stereocenters. The number of hydrogen-bond donors (Lipinski definition) is 1. The summed E-state index contributed by atoms with van der Waals surface area (Å²) >= 11 is 1.35. The Hall–Kier alpha value is -1.82. The van der Waals surface area contributed by atoms with Crippen molar-refractivity contribution < 1.29 is 9.90 Å². The smallest absolute Gasteiger partial charge is 0.338 e. The van der Waals surface area contributed by atoms with E-state index in [2.05, 4.69) is 10.1 Å². The van der Waals surface area contributed by atoms with E-state index in [1.54, 1.807) is 16.9 Å². The minimum Gasteiger partial charge on any atom is -0.478 e. The van der Waals surface area contributed by atoms with Crippen molar-refractivity contribution in [3.05, 3.63) is 35.3 Å². The maximum atomic E-state index is 11.3. The summed E-state index contributed by atoms with van der Waals surface area (Å²) in [5, 5.41) is 13.9. The molecule has 2 heterocycles. The van der Waals surface area contributed by atoms with Crippen LogP contribution in [0.3, 0.4) is 0 Å². The van der Waals surface area contributed by atoms with Crippen LogP contribution in [0.25, 0.3) is 0 Å². The zero-order valence-electron chi connectivity index (χ0n) is 10.5. The van der Waals surface area contributed by atoms with Crippen LogP contribution < -0.4 is 0 Å². The lowest BCUT2D eigenvalue weighted by Gasteiger charge is -2.07. The molecule has 5 nitrogen and oxygen atoms in total. The molecule has 0 saturated carbocycles. The lowest BCUT2D eigenvalue weighted by Crippen LogP contribution is -2.04. The molecule has 1 N–H and O–H groups in total. The minimum atomic E-state index is -0.923. The van der Waals surface area contributed by atoms with Gasteiger partial charge in [0.25, 0.3) is 0 Å². The molecule has 0 radical (unpaired) electrons. The van der Waals surface area contributed by atoms with Gasteiger partial charge in [0.1, 0.15) is 5.03 Å². The second kappa shape index (κ2) is 4.70. The van der Waals surface area contributed by atoms with Crippen LogP contribution in [-0.2, 0) is 19.9 Å². The van der Waals surface area contributed by atoms with Gasteiger partial charge in [-0.1, -0.05) is 11.8 Å². The molecule has 1 aliphatic rings. The topological polar surface area (TPSA) is 68.0 Å². The van der Waals surface area contributed by atoms with Crippen LogP contribution in [-0.4, -0.2) is 25.8 Å². The van der Waals surface area contributed by atoms with Gasteiger partial charge in [0.05, 0.1) is 16.7 Å². The zero-order valence-corrected chi connectivity index (χ0v) is 11.3. The van der Waals surface area contributed by atoms with E-state index in [4.69, 9.17) is 0 Å². The van der Waals surface area contributed by atoms with Crippen LogP contribution in [0.1, 0.15) is 28.0 Å². The Morgan fingerprint density at radius 2 is 2.32 bits per heavy atom. The van der Waals surface area contributed by atoms with Crippen molar-refractivity contribution in [1.29, 1.82) is 0 Å². The number of pyridine rings is 1. The van der Waals surface area contributed by atoms with Gasteiger partial charge in [0, 0.05) is 18.9 Å². The summed E-state index contributed by atoms with van der Waals surface area (Å²) in [5.41, 5.74) is 2.40. The molecule has 0 spiro atoms. The average molecular weight is 275 g/mol. The third kappa shape index (κ3) is 2.35. The molecule has 0 unspecified atom stereocenters. The summed E-state index contributed by atoms with van der Waals surface area (Å²) in [7, 11) is 1.83. The molecule has 6 heteroatoms. The Morgan fingerprint density at radius 1 is 1.47 bits per heavy atom. The van der Waals surface area contributed by atoms with Crippen LogP contribution >= 0.6 is 11.8 Å². The summed E-state index contributed by atoms with van der Waals surface area (Å²) < 4.78 is 1.69. The molecule has 2 aromatic rings. The van der Waals surface area contributed by atoms with Gasteiger partial charge < -0.3 is 5.11 Å². The number of aryl methyl sites for hydroxylation is 3. The van der Waals surface area contributed by atoms with E-state index < -0.39 is 5.97 Å². The first kappa shape index (κ1) is 12.2. The lowest BCUT2D eigenvalue weighted by molar-refractivity contribution is 0.0692. The van der Waals surface area contributed by atoms with E-state index in [1.165, 1.54) is 11.8 Å². The molecule has 0 saturated heterocycles. The van der Waals surface area contributed by atoms with Gasteiger partial charge in [-0.2, -0.15) is 5.10 Å². The molecule has 0 fully saturated rings. The highest BCUT2D eigenvalue weighted by Gasteiger charge is 2.20. The van der Waals surface area contributed by atoms with E-state index in [1.807, 2.05) is 13.2 Å². The number of rotatable bonds is 3. The second-order valence-corrected chi connectivity index (χ2v) is 5.62. The summed E-state index contributed by atoms with van der Waals surface area (Å²) in [6.45, 7) is 0. The lowest BCUT2D eigenvalue weighted by atomic mass is 10.1. The molecule has 0 bridgehead atoms. The molecule has 2 aromatic heterocycles. The maximum Gasteiger partial charge on any atom is 0.338 e. The highest BCUT2D eigenvalue weighted by atomic mass is 32.2. The van der Waals surface area contributed by atoms with Gasteiger partial charge in [-0.3, -0.25) is 4.68 Å². The monoisotopic (exact) mass is 275 g/mol. The summed E-state index contributed by atoms with van der Waals surface area (Å²) in [5.74, 6) is -0.923. The van der Waals surface area contributed by atoms with Gasteiger partial charge in [-0.05, 0) is 30.9 Å². The molecule has 0 aliphatic heterocycles. The Morgan fingerprint density at radius 3 is 3.00 bits per heavy atom. The van der Waals surface area contributed by atoms with Gasteiger partial charge in [-0.15, -0.1) is 0 Å². The number of aromatic carboxylic acids is 1. The normalized spacial score (nSPS) is 13.5. The highest BCUT2D eigenvalue weighted by Crippen LogP contribution is 2.32. The van der Waals surface area contributed by atoms with Gasteiger partial charge in [0.2, 0.25) is 0 Å². The SMILES string of the molecule is Cn1cc(Sc2nc3c(cc2C(=O)O)CCC3)cn1. The number of hydrogen-bond acceptors (Lipinski definition) is 4. The first-order valence-corrected chi connectivity index (χ1v) is 6.88. The Balaban J connectivity index is 2.01.